The fourth-order valence-electron chi connectivity index (χ4n) is 1.10. The monoisotopic (exact) mass is 178 g/mol. The standard InChI is InChI=1S/C11H14O2/c1-8(2)4-5-10(12)11-9(3)6-7-13-11/h6-7H,1,4-5H2,2-3H3. The van der Waals surface area contributed by atoms with Crippen LogP contribution in [0.4, 0.5) is 0 Å². The zero-order valence-electron chi connectivity index (χ0n) is 8.09. The Hall–Kier alpha value is -1.31. The summed E-state index contributed by atoms with van der Waals surface area (Å²) < 4.78 is 5.08. The van der Waals surface area contributed by atoms with Crippen molar-refractivity contribution in [2.45, 2.75) is 26.7 Å². The topological polar surface area (TPSA) is 30.2 Å². The lowest BCUT2D eigenvalue weighted by Gasteiger charge is -1.98. The van der Waals surface area contributed by atoms with Crippen molar-refractivity contribution in [1.82, 2.24) is 0 Å². The molecular formula is C11H14O2. The normalized spacial score (nSPS) is 10.0. The smallest absolute Gasteiger partial charge is 0.198 e. The molecule has 1 aromatic rings. The molecule has 0 spiro atoms. The summed E-state index contributed by atoms with van der Waals surface area (Å²) in [5.74, 6) is 0.548. The van der Waals surface area contributed by atoms with Crippen LogP contribution in [0.3, 0.4) is 0 Å². The molecule has 0 saturated carbocycles. The molecule has 13 heavy (non-hydrogen) atoms. The summed E-state index contributed by atoms with van der Waals surface area (Å²) in [6, 6.07) is 1.80. The first kappa shape index (κ1) is 9.78. The summed E-state index contributed by atoms with van der Waals surface area (Å²) in [7, 11) is 0. The predicted molar refractivity (Wildman–Crippen MR) is 51.8 cm³/mol. The van der Waals surface area contributed by atoms with E-state index in [9.17, 15) is 4.79 Å². The number of hydrogen-bond donors (Lipinski definition) is 0. The van der Waals surface area contributed by atoms with Crippen LogP contribution in [0.2, 0.25) is 0 Å². The van der Waals surface area contributed by atoms with Crippen molar-refractivity contribution in [3.05, 3.63) is 35.8 Å². The SMILES string of the molecule is C=C(C)CCC(=O)c1occc1C. The van der Waals surface area contributed by atoms with Crippen molar-refractivity contribution in [3.8, 4) is 0 Å². The van der Waals surface area contributed by atoms with E-state index in [4.69, 9.17) is 4.42 Å². The van der Waals surface area contributed by atoms with E-state index in [2.05, 4.69) is 6.58 Å². The number of rotatable bonds is 4. The summed E-state index contributed by atoms with van der Waals surface area (Å²) in [5.41, 5.74) is 1.93. The number of aryl methyl sites for hydroxylation is 1. The van der Waals surface area contributed by atoms with E-state index >= 15 is 0 Å². The van der Waals surface area contributed by atoms with Crippen LogP contribution in [0, 0.1) is 6.92 Å². The van der Waals surface area contributed by atoms with Gasteiger partial charge in [-0.3, -0.25) is 4.79 Å². The summed E-state index contributed by atoms with van der Waals surface area (Å²) in [5, 5.41) is 0. The maximum Gasteiger partial charge on any atom is 0.198 e. The van der Waals surface area contributed by atoms with Crippen molar-refractivity contribution in [3.63, 3.8) is 0 Å². The highest BCUT2D eigenvalue weighted by molar-refractivity contribution is 5.94. The van der Waals surface area contributed by atoms with Crippen LogP contribution in [0.25, 0.3) is 0 Å². The molecule has 0 amide bonds. The van der Waals surface area contributed by atoms with Crippen LogP contribution < -0.4 is 0 Å². The number of hydrogen-bond acceptors (Lipinski definition) is 2. The first-order valence-corrected chi connectivity index (χ1v) is 4.33. The third kappa shape index (κ3) is 2.58. The largest absolute Gasteiger partial charge is 0.461 e. The Balaban J connectivity index is 2.59. The number of carbonyl (C=O) groups is 1. The van der Waals surface area contributed by atoms with Gasteiger partial charge in [0, 0.05) is 6.42 Å². The fourth-order valence-corrected chi connectivity index (χ4v) is 1.10. The van der Waals surface area contributed by atoms with Crippen molar-refractivity contribution < 1.29 is 9.21 Å². The van der Waals surface area contributed by atoms with Crippen LogP contribution in [0.15, 0.2) is 28.9 Å². The van der Waals surface area contributed by atoms with Gasteiger partial charge in [-0.25, -0.2) is 0 Å². The Labute approximate surface area is 78.3 Å². The molecule has 0 radical (unpaired) electrons. The van der Waals surface area contributed by atoms with Gasteiger partial charge in [0.15, 0.2) is 11.5 Å². The third-order valence-electron chi connectivity index (χ3n) is 1.89. The molecule has 0 saturated heterocycles. The van der Waals surface area contributed by atoms with Crippen molar-refractivity contribution in [2.24, 2.45) is 0 Å². The molecular weight excluding hydrogens is 164 g/mol. The molecule has 0 N–H and O–H groups in total. The Morgan fingerprint density at radius 2 is 2.23 bits per heavy atom. The Bertz CT molecular complexity index is 321. The van der Waals surface area contributed by atoms with Gasteiger partial charge in [-0.1, -0.05) is 5.57 Å². The van der Waals surface area contributed by atoms with Crippen molar-refractivity contribution in [1.29, 1.82) is 0 Å². The van der Waals surface area contributed by atoms with E-state index in [-0.39, 0.29) is 5.78 Å². The molecule has 0 fully saturated rings. The number of furan rings is 1. The quantitative estimate of drug-likeness (QED) is 0.523. The van der Waals surface area contributed by atoms with Crippen LogP contribution >= 0.6 is 0 Å². The van der Waals surface area contributed by atoms with Crippen molar-refractivity contribution >= 4 is 5.78 Å². The Morgan fingerprint density at radius 3 is 2.69 bits per heavy atom. The average molecular weight is 178 g/mol. The Morgan fingerprint density at radius 1 is 1.54 bits per heavy atom. The van der Waals surface area contributed by atoms with Gasteiger partial charge in [-0.15, -0.1) is 6.58 Å². The van der Waals surface area contributed by atoms with Gasteiger partial charge < -0.3 is 4.42 Å². The summed E-state index contributed by atoms with van der Waals surface area (Å²) in [6.07, 6.45) is 2.77. The molecule has 0 bridgehead atoms. The van der Waals surface area contributed by atoms with Crippen LogP contribution in [-0.4, -0.2) is 5.78 Å². The van der Waals surface area contributed by atoms with E-state index in [0.717, 1.165) is 17.6 Å². The predicted octanol–water partition coefficient (Wildman–Crippen LogP) is 3.13. The molecule has 1 heterocycles. The zero-order chi connectivity index (χ0) is 9.84. The molecule has 0 aliphatic heterocycles. The van der Waals surface area contributed by atoms with Gasteiger partial charge in [0.25, 0.3) is 0 Å². The van der Waals surface area contributed by atoms with Crippen LogP contribution in [0.5, 0.6) is 0 Å². The van der Waals surface area contributed by atoms with Gasteiger partial charge in [-0.2, -0.15) is 0 Å². The lowest BCUT2D eigenvalue weighted by atomic mass is 10.1. The second-order valence-electron chi connectivity index (χ2n) is 3.31. The number of allylic oxidation sites excluding steroid dienone is 1. The van der Waals surface area contributed by atoms with Crippen LogP contribution in [-0.2, 0) is 0 Å². The highest BCUT2D eigenvalue weighted by Gasteiger charge is 2.11. The van der Waals surface area contributed by atoms with E-state index in [1.165, 1.54) is 0 Å². The molecule has 0 aliphatic rings. The molecule has 2 heteroatoms. The van der Waals surface area contributed by atoms with Gasteiger partial charge in [0.1, 0.15) is 0 Å². The molecule has 0 aromatic carbocycles. The number of carbonyl (C=O) groups excluding carboxylic acids is 1. The summed E-state index contributed by atoms with van der Waals surface area (Å²) in [4.78, 5) is 11.5. The molecule has 0 aliphatic carbocycles. The van der Waals surface area contributed by atoms with Gasteiger partial charge in [-0.05, 0) is 31.9 Å². The average Bonchev–Trinajstić information content (AvgIpc) is 2.47. The number of ketones is 1. The van der Waals surface area contributed by atoms with E-state index in [1.54, 1.807) is 12.3 Å². The first-order valence-electron chi connectivity index (χ1n) is 4.33. The maximum absolute atomic E-state index is 11.5. The van der Waals surface area contributed by atoms with Gasteiger partial charge in [0.2, 0.25) is 0 Å². The second kappa shape index (κ2) is 4.08. The zero-order valence-corrected chi connectivity index (χ0v) is 8.09. The summed E-state index contributed by atoms with van der Waals surface area (Å²) in [6.45, 7) is 7.54. The highest BCUT2D eigenvalue weighted by atomic mass is 16.3. The molecule has 0 atom stereocenters. The lowest BCUT2D eigenvalue weighted by molar-refractivity contribution is 0.0955. The Kier molecular flexibility index (Phi) is 3.07. The highest BCUT2D eigenvalue weighted by Crippen LogP contribution is 2.13. The fraction of sp³-hybridized carbons (Fsp3) is 0.364. The van der Waals surface area contributed by atoms with E-state index in [1.807, 2.05) is 13.8 Å². The second-order valence-corrected chi connectivity index (χ2v) is 3.31. The van der Waals surface area contributed by atoms with E-state index < -0.39 is 0 Å². The lowest BCUT2D eigenvalue weighted by Crippen LogP contribution is -1.98. The maximum atomic E-state index is 11.5. The minimum absolute atomic E-state index is 0.0606. The summed E-state index contributed by atoms with van der Waals surface area (Å²) >= 11 is 0. The number of Topliss-reactive ketones (excluding diaryl/α,β-unsaturated/α-hetero) is 1. The molecule has 0 unspecified atom stereocenters. The molecule has 1 rings (SSSR count). The molecule has 70 valence electrons. The van der Waals surface area contributed by atoms with Crippen molar-refractivity contribution in [2.75, 3.05) is 0 Å². The van der Waals surface area contributed by atoms with Gasteiger partial charge >= 0.3 is 0 Å². The third-order valence-corrected chi connectivity index (χ3v) is 1.89. The van der Waals surface area contributed by atoms with E-state index in [0.29, 0.717) is 12.2 Å². The van der Waals surface area contributed by atoms with Crippen LogP contribution in [0.1, 0.15) is 35.9 Å². The van der Waals surface area contributed by atoms with Gasteiger partial charge in [0.05, 0.1) is 6.26 Å². The minimum Gasteiger partial charge on any atom is -0.461 e. The first-order chi connectivity index (χ1) is 6.11. The molecule has 2 nitrogen and oxygen atoms in total. The molecule has 1 aromatic heterocycles. The minimum atomic E-state index is 0.0606.